The highest BCUT2D eigenvalue weighted by Gasteiger charge is 2.32. The van der Waals surface area contributed by atoms with Crippen LogP contribution in [0.15, 0.2) is 30.3 Å². The number of hydrogen-bond donors (Lipinski definition) is 2. The SMILES string of the molecule is CC1(C)OCC(CCOc2cc(F)cc(Nc3ccc(Cl)cc3F)c2C(N)=O)O1. The number of ether oxygens (including phenoxy) is 3. The van der Waals surface area contributed by atoms with Crippen molar-refractivity contribution in [2.24, 2.45) is 5.73 Å². The summed E-state index contributed by atoms with van der Waals surface area (Å²) >= 11 is 5.74. The summed E-state index contributed by atoms with van der Waals surface area (Å²) in [5.74, 6) is -2.91. The number of primary amides is 1. The maximum Gasteiger partial charge on any atom is 0.254 e. The third-order valence-corrected chi connectivity index (χ3v) is 4.51. The van der Waals surface area contributed by atoms with E-state index in [1.807, 2.05) is 0 Å². The molecule has 0 saturated carbocycles. The van der Waals surface area contributed by atoms with Gasteiger partial charge >= 0.3 is 0 Å². The first-order valence-electron chi connectivity index (χ1n) is 8.94. The molecule has 6 nitrogen and oxygen atoms in total. The van der Waals surface area contributed by atoms with E-state index < -0.39 is 23.3 Å². The van der Waals surface area contributed by atoms with Crippen molar-refractivity contribution in [2.45, 2.75) is 32.2 Å². The Morgan fingerprint density at radius 1 is 1.31 bits per heavy atom. The number of carbonyl (C=O) groups is 1. The predicted molar refractivity (Wildman–Crippen MR) is 105 cm³/mol. The lowest BCUT2D eigenvalue weighted by atomic mass is 10.1. The van der Waals surface area contributed by atoms with Gasteiger partial charge in [-0.25, -0.2) is 8.78 Å². The fraction of sp³-hybridized carbons (Fsp3) is 0.350. The van der Waals surface area contributed by atoms with Crippen LogP contribution < -0.4 is 15.8 Å². The van der Waals surface area contributed by atoms with Crippen LogP contribution in [0.2, 0.25) is 5.02 Å². The van der Waals surface area contributed by atoms with Crippen LogP contribution in [0.1, 0.15) is 30.6 Å². The molecule has 29 heavy (non-hydrogen) atoms. The minimum atomic E-state index is -0.849. The fourth-order valence-corrected chi connectivity index (χ4v) is 3.15. The Labute approximate surface area is 171 Å². The first-order chi connectivity index (χ1) is 13.6. The van der Waals surface area contributed by atoms with Crippen LogP contribution in [0.5, 0.6) is 5.75 Å². The Bertz CT molecular complexity index is 924. The van der Waals surface area contributed by atoms with E-state index in [0.717, 1.165) is 18.2 Å². The molecule has 1 amide bonds. The smallest absolute Gasteiger partial charge is 0.254 e. The largest absolute Gasteiger partial charge is 0.492 e. The van der Waals surface area contributed by atoms with Crippen LogP contribution >= 0.6 is 11.6 Å². The van der Waals surface area contributed by atoms with Gasteiger partial charge in [0.1, 0.15) is 22.9 Å². The Balaban J connectivity index is 1.79. The van der Waals surface area contributed by atoms with E-state index in [2.05, 4.69) is 5.32 Å². The molecule has 1 heterocycles. The second-order valence-corrected chi connectivity index (χ2v) is 7.46. The van der Waals surface area contributed by atoms with Gasteiger partial charge in [-0.2, -0.15) is 0 Å². The van der Waals surface area contributed by atoms with Gasteiger partial charge in [0.05, 0.1) is 30.7 Å². The number of anilines is 2. The van der Waals surface area contributed by atoms with Crippen molar-refractivity contribution in [1.29, 1.82) is 0 Å². The van der Waals surface area contributed by atoms with Crippen molar-refractivity contribution in [3.8, 4) is 5.75 Å². The molecule has 0 aromatic heterocycles. The molecule has 1 saturated heterocycles. The van der Waals surface area contributed by atoms with E-state index in [4.69, 9.17) is 31.5 Å². The summed E-state index contributed by atoms with van der Waals surface area (Å²) in [5, 5.41) is 2.88. The molecule has 0 spiro atoms. The zero-order chi connectivity index (χ0) is 21.2. The number of carbonyl (C=O) groups excluding carboxylic acids is 1. The molecule has 156 valence electrons. The molecule has 1 aliphatic rings. The third kappa shape index (κ3) is 5.35. The summed E-state index contributed by atoms with van der Waals surface area (Å²) in [6.07, 6.45) is 0.281. The Morgan fingerprint density at radius 2 is 2.07 bits per heavy atom. The molecule has 3 rings (SSSR count). The zero-order valence-electron chi connectivity index (χ0n) is 15.9. The number of halogens is 3. The number of amides is 1. The highest BCUT2D eigenvalue weighted by molar-refractivity contribution is 6.30. The Morgan fingerprint density at radius 3 is 2.69 bits per heavy atom. The molecule has 0 radical (unpaired) electrons. The first-order valence-corrected chi connectivity index (χ1v) is 9.32. The highest BCUT2D eigenvalue weighted by Crippen LogP contribution is 2.32. The van der Waals surface area contributed by atoms with E-state index in [0.29, 0.717) is 13.0 Å². The summed E-state index contributed by atoms with van der Waals surface area (Å²) in [6, 6.07) is 6.01. The molecule has 0 bridgehead atoms. The van der Waals surface area contributed by atoms with Gasteiger partial charge in [-0.1, -0.05) is 11.6 Å². The number of hydrogen-bond acceptors (Lipinski definition) is 5. The van der Waals surface area contributed by atoms with Gasteiger partial charge in [0.25, 0.3) is 5.91 Å². The molecule has 2 aromatic carbocycles. The number of benzene rings is 2. The molecule has 1 aliphatic heterocycles. The van der Waals surface area contributed by atoms with Gasteiger partial charge in [-0.15, -0.1) is 0 Å². The predicted octanol–water partition coefficient (Wildman–Crippen LogP) is 4.38. The van der Waals surface area contributed by atoms with Crippen molar-refractivity contribution in [3.05, 3.63) is 52.6 Å². The topological polar surface area (TPSA) is 82.8 Å². The number of rotatable bonds is 7. The van der Waals surface area contributed by atoms with E-state index in [-0.39, 0.29) is 40.4 Å². The molecule has 2 aromatic rings. The van der Waals surface area contributed by atoms with Gasteiger partial charge in [-0.3, -0.25) is 4.79 Å². The summed E-state index contributed by atoms with van der Waals surface area (Å²) < 4.78 is 45.0. The molecule has 1 atom stereocenters. The Hall–Kier alpha value is -2.42. The lowest BCUT2D eigenvalue weighted by Gasteiger charge is -2.18. The highest BCUT2D eigenvalue weighted by atomic mass is 35.5. The van der Waals surface area contributed by atoms with Crippen molar-refractivity contribution in [2.75, 3.05) is 18.5 Å². The maximum atomic E-state index is 14.1. The average Bonchev–Trinajstić information content (AvgIpc) is 2.95. The van der Waals surface area contributed by atoms with Crippen molar-refractivity contribution >= 4 is 28.9 Å². The minimum absolute atomic E-state index is 0.00665. The second kappa shape index (κ2) is 8.52. The summed E-state index contributed by atoms with van der Waals surface area (Å²) in [6.45, 7) is 4.16. The second-order valence-electron chi connectivity index (χ2n) is 7.03. The zero-order valence-corrected chi connectivity index (χ0v) is 16.7. The molecular weight excluding hydrogens is 406 g/mol. The summed E-state index contributed by atoms with van der Waals surface area (Å²) in [5.41, 5.74) is 5.37. The number of nitrogens with one attached hydrogen (secondary N) is 1. The molecular formula is C20H21ClF2N2O4. The lowest BCUT2D eigenvalue weighted by molar-refractivity contribution is -0.139. The normalized spacial score (nSPS) is 17.9. The monoisotopic (exact) mass is 426 g/mol. The minimum Gasteiger partial charge on any atom is -0.492 e. The Kier molecular flexibility index (Phi) is 6.26. The summed E-state index contributed by atoms with van der Waals surface area (Å²) in [4.78, 5) is 12.0. The van der Waals surface area contributed by atoms with E-state index >= 15 is 0 Å². The summed E-state index contributed by atoms with van der Waals surface area (Å²) in [7, 11) is 0. The van der Waals surface area contributed by atoms with Crippen LogP contribution in [-0.4, -0.2) is 31.0 Å². The van der Waals surface area contributed by atoms with Gasteiger partial charge in [0.15, 0.2) is 5.79 Å². The van der Waals surface area contributed by atoms with E-state index in [1.54, 1.807) is 13.8 Å². The van der Waals surface area contributed by atoms with Crippen LogP contribution in [0.4, 0.5) is 20.2 Å². The van der Waals surface area contributed by atoms with Crippen LogP contribution in [-0.2, 0) is 9.47 Å². The fourth-order valence-electron chi connectivity index (χ4n) is 2.99. The average molecular weight is 427 g/mol. The van der Waals surface area contributed by atoms with E-state index in [9.17, 15) is 13.6 Å². The molecule has 1 fully saturated rings. The third-order valence-electron chi connectivity index (χ3n) is 4.28. The van der Waals surface area contributed by atoms with Crippen LogP contribution in [0, 0.1) is 11.6 Å². The van der Waals surface area contributed by atoms with Crippen molar-refractivity contribution in [1.82, 2.24) is 0 Å². The maximum absolute atomic E-state index is 14.1. The molecule has 1 unspecified atom stereocenters. The standard InChI is InChI=1S/C20H21ClF2N2O4/c1-20(2)28-10-13(29-20)5-6-27-17-9-12(22)8-16(18(17)19(24)26)25-15-4-3-11(21)7-14(15)23/h3-4,7-9,13,25H,5-6,10H2,1-2H3,(H2,24,26). The van der Waals surface area contributed by atoms with Gasteiger partial charge in [0, 0.05) is 17.5 Å². The van der Waals surface area contributed by atoms with Crippen LogP contribution in [0.25, 0.3) is 0 Å². The molecule has 9 heteroatoms. The first kappa shape index (κ1) is 21.3. The van der Waals surface area contributed by atoms with Gasteiger partial charge in [-0.05, 0) is 38.1 Å². The molecule has 0 aliphatic carbocycles. The van der Waals surface area contributed by atoms with E-state index in [1.165, 1.54) is 12.1 Å². The quantitative estimate of drug-likeness (QED) is 0.686. The van der Waals surface area contributed by atoms with Crippen molar-refractivity contribution in [3.63, 3.8) is 0 Å². The molecule has 3 N–H and O–H groups in total. The van der Waals surface area contributed by atoms with Crippen molar-refractivity contribution < 1.29 is 27.8 Å². The van der Waals surface area contributed by atoms with Crippen LogP contribution in [0.3, 0.4) is 0 Å². The van der Waals surface area contributed by atoms with Gasteiger partial charge in [0.2, 0.25) is 0 Å². The number of nitrogens with two attached hydrogens (primary N) is 1. The van der Waals surface area contributed by atoms with Gasteiger partial charge < -0.3 is 25.3 Å². The lowest BCUT2D eigenvalue weighted by Crippen LogP contribution is -2.22.